The molecule has 2 rings (SSSR count). The molecule has 2 aromatic rings. The lowest BCUT2D eigenvalue weighted by Crippen LogP contribution is -1.87. The molecule has 96 valence electrons. The second kappa shape index (κ2) is 6.75. The molecule has 19 heavy (non-hydrogen) atoms. The summed E-state index contributed by atoms with van der Waals surface area (Å²) >= 11 is 0. The van der Waals surface area contributed by atoms with Crippen LogP contribution >= 0.6 is 0 Å². The van der Waals surface area contributed by atoms with Gasteiger partial charge in [0.15, 0.2) is 0 Å². The van der Waals surface area contributed by atoms with Crippen LogP contribution in [-0.2, 0) is 6.42 Å². The second-order valence-corrected chi connectivity index (χ2v) is 4.85. The zero-order valence-electron chi connectivity index (χ0n) is 11.4. The fourth-order valence-electron chi connectivity index (χ4n) is 2.25. The number of nitrogens with zero attached hydrogens (tertiary/aromatic N) is 1. The predicted molar refractivity (Wildman–Crippen MR) is 79.8 cm³/mol. The van der Waals surface area contributed by atoms with Gasteiger partial charge in [-0.15, -0.1) is 0 Å². The highest BCUT2D eigenvalue weighted by Gasteiger charge is 2.01. The van der Waals surface area contributed by atoms with Crippen LogP contribution in [0.3, 0.4) is 0 Å². The Kier molecular flexibility index (Phi) is 4.75. The molecule has 0 bridgehead atoms. The molecular formula is C18H19N. The molecular weight excluding hydrogens is 230 g/mol. The standard InChI is InChI=1S/C18H19N/c1-2-3-4-7-15-8-5-10-17(12-15)18-11-6-9-16(13-18)14-19/h5-6,8-13H,2-4,7H2,1H3. The van der Waals surface area contributed by atoms with Gasteiger partial charge in [0.1, 0.15) is 0 Å². The van der Waals surface area contributed by atoms with E-state index in [0.717, 1.165) is 12.0 Å². The third-order valence-corrected chi connectivity index (χ3v) is 3.32. The molecule has 0 spiro atoms. The van der Waals surface area contributed by atoms with E-state index in [9.17, 15) is 0 Å². The molecule has 1 heteroatoms. The van der Waals surface area contributed by atoms with Crippen LogP contribution in [-0.4, -0.2) is 0 Å². The van der Waals surface area contributed by atoms with Crippen molar-refractivity contribution in [2.75, 3.05) is 0 Å². The van der Waals surface area contributed by atoms with E-state index in [-0.39, 0.29) is 0 Å². The van der Waals surface area contributed by atoms with Crippen molar-refractivity contribution in [3.05, 3.63) is 59.7 Å². The van der Waals surface area contributed by atoms with E-state index >= 15 is 0 Å². The number of rotatable bonds is 5. The van der Waals surface area contributed by atoms with Gasteiger partial charge in [0.25, 0.3) is 0 Å². The number of unbranched alkanes of at least 4 members (excludes halogenated alkanes) is 2. The second-order valence-electron chi connectivity index (χ2n) is 4.85. The Morgan fingerprint density at radius 2 is 1.68 bits per heavy atom. The minimum Gasteiger partial charge on any atom is -0.192 e. The molecule has 0 saturated heterocycles. The van der Waals surface area contributed by atoms with Gasteiger partial charge in [0.05, 0.1) is 11.6 Å². The van der Waals surface area contributed by atoms with E-state index < -0.39 is 0 Å². The number of hydrogen-bond acceptors (Lipinski definition) is 1. The van der Waals surface area contributed by atoms with E-state index in [1.807, 2.05) is 18.2 Å². The Balaban J connectivity index is 2.20. The number of aryl methyl sites for hydroxylation is 1. The normalized spacial score (nSPS) is 10.1. The quantitative estimate of drug-likeness (QED) is 0.687. The van der Waals surface area contributed by atoms with Gasteiger partial charge in [0, 0.05) is 0 Å². The van der Waals surface area contributed by atoms with Gasteiger partial charge in [-0.05, 0) is 41.7 Å². The summed E-state index contributed by atoms with van der Waals surface area (Å²) < 4.78 is 0. The van der Waals surface area contributed by atoms with Crippen molar-refractivity contribution in [1.82, 2.24) is 0 Å². The van der Waals surface area contributed by atoms with E-state index in [4.69, 9.17) is 5.26 Å². The van der Waals surface area contributed by atoms with E-state index in [2.05, 4.69) is 43.3 Å². The minimum atomic E-state index is 0.717. The van der Waals surface area contributed by atoms with E-state index in [0.29, 0.717) is 5.56 Å². The first-order chi connectivity index (χ1) is 9.33. The summed E-state index contributed by atoms with van der Waals surface area (Å²) in [5.41, 5.74) is 4.42. The lowest BCUT2D eigenvalue weighted by molar-refractivity contribution is 0.717. The zero-order valence-corrected chi connectivity index (χ0v) is 11.4. The maximum atomic E-state index is 8.96. The highest BCUT2D eigenvalue weighted by Crippen LogP contribution is 2.22. The summed E-state index contributed by atoms with van der Waals surface area (Å²) in [6, 6.07) is 18.6. The average molecular weight is 249 g/mol. The molecule has 0 aliphatic rings. The van der Waals surface area contributed by atoms with Gasteiger partial charge in [0.2, 0.25) is 0 Å². The fourth-order valence-corrected chi connectivity index (χ4v) is 2.25. The Morgan fingerprint density at radius 3 is 2.42 bits per heavy atom. The molecule has 0 atom stereocenters. The summed E-state index contributed by atoms with van der Waals surface area (Å²) in [5.74, 6) is 0. The first-order valence-corrected chi connectivity index (χ1v) is 6.93. The third-order valence-electron chi connectivity index (χ3n) is 3.32. The molecule has 0 saturated carbocycles. The monoisotopic (exact) mass is 249 g/mol. The van der Waals surface area contributed by atoms with Gasteiger partial charge < -0.3 is 0 Å². The van der Waals surface area contributed by atoms with Crippen molar-refractivity contribution in [3.63, 3.8) is 0 Å². The van der Waals surface area contributed by atoms with Crippen molar-refractivity contribution < 1.29 is 0 Å². The summed E-state index contributed by atoms with van der Waals surface area (Å²) in [6.45, 7) is 2.23. The predicted octanol–water partition coefficient (Wildman–Crippen LogP) is 4.96. The molecule has 2 aromatic carbocycles. The fraction of sp³-hybridized carbons (Fsp3) is 0.278. The van der Waals surface area contributed by atoms with Crippen LogP contribution in [0.4, 0.5) is 0 Å². The van der Waals surface area contributed by atoms with Crippen LogP contribution in [0.15, 0.2) is 48.5 Å². The summed E-state index contributed by atoms with van der Waals surface area (Å²) in [6.07, 6.45) is 4.93. The first kappa shape index (κ1) is 13.4. The van der Waals surface area contributed by atoms with Gasteiger partial charge in [-0.1, -0.05) is 56.2 Å². The Labute approximate surface area is 115 Å². The lowest BCUT2D eigenvalue weighted by Gasteiger charge is -2.06. The van der Waals surface area contributed by atoms with Crippen LogP contribution in [0.25, 0.3) is 11.1 Å². The van der Waals surface area contributed by atoms with Crippen molar-refractivity contribution in [1.29, 1.82) is 5.26 Å². The Bertz CT molecular complexity index is 578. The topological polar surface area (TPSA) is 23.8 Å². The SMILES string of the molecule is CCCCCc1cccc(-c2cccc(C#N)c2)c1. The maximum absolute atomic E-state index is 8.96. The van der Waals surface area contributed by atoms with Crippen LogP contribution in [0.1, 0.15) is 37.3 Å². The van der Waals surface area contributed by atoms with Gasteiger partial charge in [-0.25, -0.2) is 0 Å². The van der Waals surface area contributed by atoms with Crippen LogP contribution in [0, 0.1) is 11.3 Å². The highest BCUT2D eigenvalue weighted by atomic mass is 14.2. The van der Waals surface area contributed by atoms with Crippen molar-refractivity contribution in [3.8, 4) is 17.2 Å². The Morgan fingerprint density at radius 1 is 0.947 bits per heavy atom. The zero-order chi connectivity index (χ0) is 13.5. The molecule has 0 radical (unpaired) electrons. The molecule has 0 aromatic heterocycles. The summed E-state index contributed by atoms with van der Waals surface area (Å²) in [7, 11) is 0. The molecule has 0 unspecified atom stereocenters. The minimum absolute atomic E-state index is 0.717. The smallest absolute Gasteiger partial charge is 0.0991 e. The number of nitriles is 1. The third kappa shape index (κ3) is 3.69. The van der Waals surface area contributed by atoms with Gasteiger partial charge in [-0.2, -0.15) is 5.26 Å². The molecule has 0 N–H and O–H groups in total. The van der Waals surface area contributed by atoms with Gasteiger partial charge in [-0.3, -0.25) is 0 Å². The molecule has 0 amide bonds. The van der Waals surface area contributed by atoms with Crippen molar-refractivity contribution in [2.45, 2.75) is 32.6 Å². The largest absolute Gasteiger partial charge is 0.192 e. The molecule has 0 heterocycles. The number of benzene rings is 2. The molecule has 0 fully saturated rings. The summed E-state index contributed by atoms with van der Waals surface area (Å²) in [4.78, 5) is 0. The Hall–Kier alpha value is -2.07. The van der Waals surface area contributed by atoms with Crippen LogP contribution < -0.4 is 0 Å². The lowest BCUT2D eigenvalue weighted by atomic mass is 9.99. The molecule has 0 aliphatic carbocycles. The first-order valence-electron chi connectivity index (χ1n) is 6.93. The molecule has 1 nitrogen and oxygen atoms in total. The summed E-state index contributed by atoms with van der Waals surface area (Å²) in [5, 5.41) is 8.96. The highest BCUT2D eigenvalue weighted by molar-refractivity contribution is 5.65. The van der Waals surface area contributed by atoms with Crippen molar-refractivity contribution in [2.24, 2.45) is 0 Å². The van der Waals surface area contributed by atoms with Crippen LogP contribution in [0.5, 0.6) is 0 Å². The molecule has 0 aliphatic heterocycles. The average Bonchev–Trinajstić information content (AvgIpc) is 2.48. The van der Waals surface area contributed by atoms with E-state index in [1.165, 1.54) is 30.4 Å². The maximum Gasteiger partial charge on any atom is 0.0991 e. The van der Waals surface area contributed by atoms with Crippen LogP contribution in [0.2, 0.25) is 0 Å². The van der Waals surface area contributed by atoms with E-state index in [1.54, 1.807) is 0 Å². The number of hydrogen-bond donors (Lipinski definition) is 0. The van der Waals surface area contributed by atoms with Gasteiger partial charge >= 0.3 is 0 Å². The van der Waals surface area contributed by atoms with Crippen molar-refractivity contribution >= 4 is 0 Å².